The van der Waals surface area contributed by atoms with Gasteiger partial charge in [-0.1, -0.05) is 25.7 Å². The zero-order chi connectivity index (χ0) is 27.4. The first-order valence-corrected chi connectivity index (χ1v) is 14.3. The van der Waals surface area contributed by atoms with E-state index >= 15 is 0 Å². The molecule has 39 heavy (non-hydrogen) atoms. The first kappa shape index (κ1) is 27.2. The average Bonchev–Trinajstić information content (AvgIpc) is 3.29. The highest BCUT2D eigenvalue weighted by Crippen LogP contribution is 2.36. The summed E-state index contributed by atoms with van der Waals surface area (Å²) in [7, 11) is 5.49. The van der Waals surface area contributed by atoms with Crippen LogP contribution in [0.1, 0.15) is 68.1 Å². The topological polar surface area (TPSA) is 103 Å². The fourth-order valence-corrected chi connectivity index (χ4v) is 5.90. The van der Waals surface area contributed by atoms with E-state index in [0.29, 0.717) is 42.0 Å². The van der Waals surface area contributed by atoms with E-state index in [1.54, 1.807) is 37.4 Å². The fourth-order valence-electron chi connectivity index (χ4n) is 5.90. The largest absolute Gasteiger partial charge is 0.495 e. The van der Waals surface area contributed by atoms with Gasteiger partial charge in [-0.25, -0.2) is 4.98 Å². The molecular weight excluding hydrogens is 494 g/mol. The second-order valence-corrected chi connectivity index (χ2v) is 11.0. The highest BCUT2D eigenvalue weighted by atomic mass is 16.5. The van der Waals surface area contributed by atoms with Crippen LogP contribution in [0.2, 0.25) is 0 Å². The van der Waals surface area contributed by atoms with Crippen molar-refractivity contribution in [3.05, 3.63) is 30.0 Å². The monoisotopic (exact) mass is 535 g/mol. The summed E-state index contributed by atoms with van der Waals surface area (Å²) in [4.78, 5) is 41.4. The van der Waals surface area contributed by atoms with E-state index in [1.165, 1.54) is 25.7 Å². The molecule has 2 amide bonds. The minimum absolute atomic E-state index is 0.0764. The van der Waals surface area contributed by atoms with Gasteiger partial charge in [-0.15, -0.1) is 0 Å². The van der Waals surface area contributed by atoms with Crippen LogP contribution in [0.3, 0.4) is 0 Å². The molecule has 2 fully saturated rings. The molecule has 0 spiro atoms. The summed E-state index contributed by atoms with van der Waals surface area (Å²) >= 11 is 0. The molecule has 2 N–H and O–H groups in total. The molecule has 2 aliphatic heterocycles. The van der Waals surface area contributed by atoms with Crippen molar-refractivity contribution in [3.8, 4) is 5.75 Å². The van der Waals surface area contributed by atoms with Crippen molar-refractivity contribution in [2.24, 2.45) is 0 Å². The molecule has 210 valence electrons. The van der Waals surface area contributed by atoms with E-state index < -0.39 is 0 Å². The van der Waals surface area contributed by atoms with Crippen LogP contribution < -0.4 is 25.2 Å². The third kappa shape index (κ3) is 6.27. The van der Waals surface area contributed by atoms with Crippen LogP contribution in [-0.2, 0) is 4.79 Å². The predicted molar refractivity (Wildman–Crippen MR) is 153 cm³/mol. The van der Waals surface area contributed by atoms with Crippen LogP contribution in [0.5, 0.6) is 5.75 Å². The summed E-state index contributed by atoms with van der Waals surface area (Å²) in [6, 6.07) is 5.93. The summed E-state index contributed by atoms with van der Waals surface area (Å²) in [5.74, 6) is 1.74. The first-order chi connectivity index (χ1) is 18.9. The number of fused-ring (bicyclic) bond motifs is 1. The SMILES string of the molecule is COc1cc(C(=O)NC2CCN(C)CC2)ccc1Nc1ncc2c(n1)N(C1CCCCCC1)CCC(=O)N2C. The molecule has 0 unspecified atom stereocenters. The molecule has 1 saturated carbocycles. The minimum atomic E-state index is -0.0950. The Hall–Kier alpha value is -3.40. The molecule has 5 rings (SSSR count). The van der Waals surface area contributed by atoms with Gasteiger partial charge in [0.2, 0.25) is 11.9 Å². The van der Waals surface area contributed by atoms with Gasteiger partial charge in [0.25, 0.3) is 5.91 Å². The number of ether oxygens (including phenoxy) is 1. The highest BCUT2D eigenvalue weighted by molar-refractivity contribution is 5.97. The van der Waals surface area contributed by atoms with Crippen molar-refractivity contribution >= 4 is 35.0 Å². The van der Waals surface area contributed by atoms with E-state index in [0.717, 1.165) is 50.3 Å². The number of piperidine rings is 1. The number of aromatic nitrogens is 2. The minimum Gasteiger partial charge on any atom is -0.495 e. The Morgan fingerprint density at radius 1 is 1.03 bits per heavy atom. The lowest BCUT2D eigenvalue weighted by atomic mass is 10.0. The quantitative estimate of drug-likeness (QED) is 0.536. The Labute approximate surface area is 231 Å². The van der Waals surface area contributed by atoms with Crippen LogP contribution in [0.15, 0.2) is 24.4 Å². The molecule has 0 atom stereocenters. The third-order valence-electron chi connectivity index (χ3n) is 8.35. The van der Waals surface area contributed by atoms with Gasteiger partial charge in [-0.2, -0.15) is 4.98 Å². The summed E-state index contributed by atoms with van der Waals surface area (Å²) < 4.78 is 5.64. The van der Waals surface area contributed by atoms with E-state index in [-0.39, 0.29) is 17.9 Å². The molecule has 0 bridgehead atoms. The normalized spacial score (nSPS) is 19.7. The average molecular weight is 536 g/mol. The zero-order valence-corrected chi connectivity index (χ0v) is 23.4. The number of methoxy groups -OCH3 is 1. The number of hydrogen-bond donors (Lipinski definition) is 2. The molecule has 10 heteroatoms. The number of rotatable bonds is 6. The van der Waals surface area contributed by atoms with Crippen molar-refractivity contribution in [2.45, 2.75) is 69.9 Å². The maximum Gasteiger partial charge on any atom is 0.251 e. The molecule has 10 nitrogen and oxygen atoms in total. The zero-order valence-electron chi connectivity index (χ0n) is 23.4. The Bertz CT molecular complexity index is 1170. The lowest BCUT2D eigenvalue weighted by Gasteiger charge is -2.32. The number of benzene rings is 1. The second-order valence-electron chi connectivity index (χ2n) is 11.0. The number of nitrogens with zero attached hydrogens (tertiary/aromatic N) is 5. The van der Waals surface area contributed by atoms with Crippen LogP contribution in [-0.4, -0.2) is 79.6 Å². The Morgan fingerprint density at radius 2 is 1.77 bits per heavy atom. The maximum atomic E-state index is 12.9. The van der Waals surface area contributed by atoms with Crippen molar-refractivity contribution < 1.29 is 14.3 Å². The number of carbonyl (C=O) groups is 2. The number of likely N-dealkylation sites (tertiary alicyclic amines) is 1. The van der Waals surface area contributed by atoms with E-state index in [4.69, 9.17) is 9.72 Å². The lowest BCUT2D eigenvalue weighted by Crippen LogP contribution is -2.43. The van der Waals surface area contributed by atoms with Gasteiger partial charge in [0.1, 0.15) is 11.4 Å². The van der Waals surface area contributed by atoms with E-state index in [2.05, 4.69) is 32.5 Å². The van der Waals surface area contributed by atoms with Crippen LogP contribution >= 0.6 is 0 Å². The van der Waals surface area contributed by atoms with Crippen molar-refractivity contribution in [2.75, 3.05) is 56.0 Å². The Morgan fingerprint density at radius 3 is 2.49 bits per heavy atom. The van der Waals surface area contributed by atoms with E-state index in [9.17, 15) is 9.59 Å². The van der Waals surface area contributed by atoms with Crippen molar-refractivity contribution in [3.63, 3.8) is 0 Å². The molecule has 1 saturated heterocycles. The first-order valence-electron chi connectivity index (χ1n) is 14.3. The van der Waals surface area contributed by atoms with Gasteiger partial charge in [0.15, 0.2) is 5.82 Å². The number of nitrogens with one attached hydrogen (secondary N) is 2. The van der Waals surface area contributed by atoms with Gasteiger partial charge in [-0.05, 0) is 64.0 Å². The lowest BCUT2D eigenvalue weighted by molar-refractivity contribution is -0.118. The van der Waals surface area contributed by atoms with Crippen LogP contribution in [0, 0.1) is 0 Å². The Kier molecular flexibility index (Phi) is 8.50. The van der Waals surface area contributed by atoms with Gasteiger partial charge < -0.3 is 30.1 Å². The molecule has 0 radical (unpaired) electrons. The van der Waals surface area contributed by atoms with Gasteiger partial charge in [0, 0.05) is 37.7 Å². The predicted octanol–water partition coefficient (Wildman–Crippen LogP) is 3.95. The molecule has 3 heterocycles. The third-order valence-corrected chi connectivity index (χ3v) is 8.35. The second kappa shape index (κ2) is 12.2. The summed E-state index contributed by atoms with van der Waals surface area (Å²) in [6.07, 6.45) is 11.2. The summed E-state index contributed by atoms with van der Waals surface area (Å²) in [5.41, 5.74) is 1.96. The van der Waals surface area contributed by atoms with Crippen LogP contribution in [0.25, 0.3) is 0 Å². The molecule has 1 aliphatic carbocycles. The highest BCUT2D eigenvalue weighted by Gasteiger charge is 2.31. The molecule has 3 aliphatic rings. The number of carbonyl (C=O) groups excluding carboxylic acids is 2. The summed E-state index contributed by atoms with van der Waals surface area (Å²) in [6.45, 7) is 2.63. The van der Waals surface area contributed by atoms with Crippen LogP contribution in [0.4, 0.5) is 23.1 Å². The molecular formula is C29H41N7O3. The van der Waals surface area contributed by atoms with E-state index in [1.807, 2.05) is 6.07 Å². The summed E-state index contributed by atoms with van der Waals surface area (Å²) in [5, 5.41) is 6.45. The number of anilines is 4. The van der Waals surface area contributed by atoms with Gasteiger partial charge in [-0.3, -0.25) is 9.59 Å². The number of hydrogen-bond acceptors (Lipinski definition) is 8. The standard InChI is InChI=1S/C29H41N7O3/c1-34-15-12-21(13-16-34)31-28(38)20-10-11-23(25(18-20)39-3)32-29-30-19-24-27(33-29)36(17-14-26(37)35(24)2)22-8-6-4-5-7-9-22/h10-11,18-19,21-22H,4-9,12-17H2,1-3H3,(H,31,38)(H,30,32,33). The van der Waals surface area contributed by atoms with Gasteiger partial charge >= 0.3 is 0 Å². The van der Waals surface area contributed by atoms with Gasteiger partial charge in [0.05, 0.1) is 19.0 Å². The molecule has 1 aromatic carbocycles. The number of amides is 2. The fraction of sp³-hybridized carbons (Fsp3) is 0.586. The Balaban J connectivity index is 1.36. The van der Waals surface area contributed by atoms with Crippen molar-refractivity contribution in [1.29, 1.82) is 0 Å². The smallest absolute Gasteiger partial charge is 0.251 e. The van der Waals surface area contributed by atoms with Crippen molar-refractivity contribution in [1.82, 2.24) is 20.2 Å². The molecule has 2 aromatic rings. The molecule has 1 aromatic heterocycles. The maximum absolute atomic E-state index is 12.9.